The van der Waals surface area contributed by atoms with Gasteiger partial charge in [0.1, 0.15) is 5.82 Å². The first-order valence-electron chi connectivity index (χ1n) is 7.02. The summed E-state index contributed by atoms with van der Waals surface area (Å²) in [4.78, 5) is 2.35. The van der Waals surface area contributed by atoms with E-state index >= 15 is 0 Å². The van der Waals surface area contributed by atoms with Crippen molar-refractivity contribution in [3.05, 3.63) is 30.1 Å². The third-order valence-corrected chi connectivity index (χ3v) is 3.68. The summed E-state index contributed by atoms with van der Waals surface area (Å²) < 4.78 is 1.74. The van der Waals surface area contributed by atoms with Gasteiger partial charge in [-0.3, -0.25) is 0 Å². The summed E-state index contributed by atoms with van der Waals surface area (Å²) in [7, 11) is 2.16. The number of hydrogen-bond donors (Lipinski definition) is 1. The number of piperidine rings is 1. The van der Waals surface area contributed by atoms with E-state index in [1.54, 1.807) is 4.68 Å². The van der Waals surface area contributed by atoms with Gasteiger partial charge in [0.05, 0.1) is 5.69 Å². The van der Waals surface area contributed by atoms with Gasteiger partial charge >= 0.3 is 0 Å². The number of nitrogens with zero attached hydrogens (tertiary/aromatic N) is 5. The Hall–Kier alpha value is -1.95. The molecule has 1 aliphatic rings. The molecule has 1 saturated heterocycles. The molecule has 0 saturated carbocycles. The highest BCUT2D eigenvalue weighted by Gasteiger charge is 2.16. The first kappa shape index (κ1) is 13.1. The van der Waals surface area contributed by atoms with Gasteiger partial charge in [-0.15, -0.1) is 10.2 Å². The van der Waals surface area contributed by atoms with Gasteiger partial charge in [-0.05, 0) is 58.1 Å². The lowest BCUT2D eigenvalue weighted by atomic mass is 10.1. The Bertz CT molecular complexity index is 553. The van der Waals surface area contributed by atoms with Crippen molar-refractivity contribution < 1.29 is 0 Å². The number of rotatable bonds is 3. The molecule has 3 heterocycles. The van der Waals surface area contributed by atoms with Crippen molar-refractivity contribution in [3.8, 4) is 5.82 Å². The molecule has 0 radical (unpaired) electrons. The number of likely N-dealkylation sites (tertiary alicyclic amines) is 1. The Morgan fingerprint density at radius 3 is 2.55 bits per heavy atom. The number of hydrogen-bond acceptors (Lipinski definition) is 5. The molecule has 0 atom stereocenters. The van der Waals surface area contributed by atoms with Crippen LogP contribution in [0.15, 0.2) is 24.4 Å². The highest BCUT2D eigenvalue weighted by atomic mass is 15.3. The molecular formula is C14H20N6. The Kier molecular flexibility index (Phi) is 3.64. The third kappa shape index (κ3) is 2.96. The molecule has 0 amide bonds. The molecule has 6 nitrogen and oxygen atoms in total. The van der Waals surface area contributed by atoms with Crippen LogP contribution in [0.25, 0.3) is 5.82 Å². The van der Waals surface area contributed by atoms with Crippen LogP contribution in [-0.4, -0.2) is 51.1 Å². The normalized spacial score (nSPS) is 17.3. The van der Waals surface area contributed by atoms with Crippen molar-refractivity contribution in [1.29, 1.82) is 0 Å². The number of aryl methyl sites for hydroxylation is 1. The minimum Gasteiger partial charge on any atom is -0.366 e. The van der Waals surface area contributed by atoms with Crippen molar-refractivity contribution in [2.75, 3.05) is 25.5 Å². The summed E-state index contributed by atoms with van der Waals surface area (Å²) in [6.07, 6.45) is 4.19. The van der Waals surface area contributed by atoms with Crippen molar-refractivity contribution in [1.82, 2.24) is 24.9 Å². The number of aromatic nitrogens is 4. The molecular weight excluding hydrogens is 252 g/mol. The zero-order valence-corrected chi connectivity index (χ0v) is 12.0. The lowest BCUT2D eigenvalue weighted by Crippen LogP contribution is -2.36. The highest BCUT2D eigenvalue weighted by molar-refractivity contribution is 5.37. The summed E-state index contributed by atoms with van der Waals surface area (Å²) in [5.74, 6) is 1.58. The average molecular weight is 272 g/mol. The van der Waals surface area contributed by atoms with E-state index in [2.05, 4.69) is 32.6 Å². The fraction of sp³-hybridized carbons (Fsp3) is 0.500. The molecule has 1 aliphatic heterocycles. The monoisotopic (exact) mass is 272 g/mol. The van der Waals surface area contributed by atoms with Gasteiger partial charge in [0.15, 0.2) is 5.82 Å². The third-order valence-electron chi connectivity index (χ3n) is 3.68. The summed E-state index contributed by atoms with van der Waals surface area (Å²) in [5, 5.41) is 16.2. The maximum atomic E-state index is 4.32. The van der Waals surface area contributed by atoms with Crippen molar-refractivity contribution in [2.45, 2.75) is 25.8 Å². The van der Waals surface area contributed by atoms with Crippen LogP contribution < -0.4 is 5.32 Å². The largest absolute Gasteiger partial charge is 0.366 e. The van der Waals surface area contributed by atoms with E-state index in [0.29, 0.717) is 6.04 Å². The van der Waals surface area contributed by atoms with E-state index in [4.69, 9.17) is 0 Å². The molecule has 1 N–H and O–H groups in total. The average Bonchev–Trinajstić information content (AvgIpc) is 2.89. The van der Waals surface area contributed by atoms with E-state index in [-0.39, 0.29) is 0 Å². The highest BCUT2D eigenvalue weighted by Crippen LogP contribution is 2.14. The predicted molar refractivity (Wildman–Crippen MR) is 78.0 cm³/mol. The maximum Gasteiger partial charge on any atom is 0.175 e. The van der Waals surface area contributed by atoms with Crippen LogP contribution in [0.5, 0.6) is 0 Å². The Morgan fingerprint density at radius 1 is 1.15 bits per heavy atom. The zero-order valence-electron chi connectivity index (χ0n) is 12.0. The van der Waals surface area contributed by atoms with Gasteiger partial charge in [0.2, 0.25) is 0 Å². The van der Waals surface area contributed by atoms with Gasteiger partial charge in [0.25, 0.3) is 0 Å². The second-order valence-electron chi connectivity index (χ2n) is 5.40. The molecule has 0 aromatic carbocycles. The van der Waals surface area contributed by atoms with E-state index in [9.17, 15) is 0 Å². The minimum atomic E-state index is 0.498. The molecule has 106 valence electrons. The fourth-order valence-corrected chi connectivity index (χ4v) is 2.43. The Balaban J connectivity index is 1.64. The van der Waals surface area contributed by atoms with Crippen LogP contribution in [0.1, 0.15) is 18.5 Å². The minimum absolute atomic E-state index is 0.498. The van der Waals surface area contributed by atoms with Gasteiger partial charge in [-0.25, -0.2) is 4.68 Å². The van der Waals surface area contributed by atoms with E-state index < -0.39 is 0 Å². The predicted octanol–water partition coefficient (Wildman–Crippen LogP) is 1.48. The Morgan fingerprint density at radius 2 is 1.95 bits per heavy atom. The van der Waals surface area contributed by atoms with Crippen molar-refractivity contribution in [2.24, 2.45) is 0 Å². The lowest BCUT2D eigenvalue weighted by molar-refractivity contribution is 0.263. The van der Waals surface area contributed by atoms with Crippen LogP contribution in [-0.2, 0) is 0 Å². The van der Waals surface area contributed by atoms with Gasteiger partial charge < -0.3 is 10.2 Å². The van der Waals surface area contributed by atoms with Gasteiger partial charge in [-0.1, -0.05) is 0 Å². The first-order valence-corrected chi connectivity index (χ1v) is 7.02. The molecule has 2 aromatic heterocycles. The van der Waals surface area contributed by atoms with Crippen molar-refractivity contribution >= 4 is 5.82 Å². The van der Waals surface area contributed by atoms with E-state index in [1.807, 2.05) is 31.3 Å². The van der Waals surface area contributed by atoms with Crippen LogP contribution in [0.4, 0.5) is 5.82 Å². The second kappa shape index (κ2) is 5.58. The summed E-state index contributed by atoms with van der Waals surface area (Å²) in [6.45, 7) is 4.23. The number of anilines is 1. The molecule has 0 bridgehead atoms. The quantitative estimate of drug-likeness (QED) is 0.917. The zero-order chi connectivity index (χ0) is 13.9. The standard InChI is InChI=1S/C14H20N6/c1-11-5-10-20(18-11)14-4-3-13(16-17-14)15-12-6-8-19(2)9-7-12/h3-5,10,12H,6-9H2,1-2H3,(H,15,16). The van der Waals surface area contributed by atoms with Gasteiger partial charge in [0, 0.05) is 12.2 Å². The number of nitrogens with one attached hydrogen (secondary N) is 1. The van der Waals surface area contributed by atoms with Crippen LogP contribution in [0, 0.1) is 6.92 Å². The molecule has 2 aromatic rings. The van der Waals surface area contributed by atoms with Crippen LogP contribution in [0.2, 0.25) is 0 Å². The van der Waals surface area contributed by atoms with Crippen LogP contribution >= 0.6 is 0 Å². The molecule has 0 spiro atoms. The molecule has 20 heavy (non-hydrogen) atoms. The molecule has 1 fully saturated rings. The molecule has 3 rings (SSSR count). The lowest BCUT2D eigenvalue weighted by Gasteiger charge is -2.29. The Labute approximate surface area is 118 Å². The second-order valence-corrected chi connectivity index (χ2v) is 5.40. The first-order chi connectivity index (χ1) is 9.70. The molecule has 0 aliphatic carbocycles. The summed E-state index contributed by atoms with van der Waals surface area (Å²) in [6, 6.07) is 6.36. The summed E-state index contributed by atoms with van der Waals surface area (Å²) in [5.41, 5.74) is 0.973. The SMILES string of the molecule is Cc1ccn(-c2ccc(NC3CCN(C)CC3)nn2)n1. The smallest absolute Gasteiger partial charge is 0.175 e. The summed E-state index contributed by atoms with van der Waals surface area (Å²) >= 11 is 0. The molecule has 6 heteroatoms. The maximum absolute atomic E-state index is 4.32. The fourth-order valence-electron chi connectivity index (χ4n) is 2.43. The van der Waals surface area contributed by atoms with Crippen LogP contribution in [0.3, 0.4) is 0 Å². The topological polar surface area (TPSA) is 58.9 Å². The molecule has 0 unspecified atom stereocenters. The van der Waals surface area contributed by atoms with E-state index in [0.717, 1.165) is 43.3 Å². The van der Waals surface area contributed by atoms with E-state index in [1.165, 1.54) is 0 Å². The van der Waals surface area contributed by atoms with Gasteiger partial charge in [-0.2, -0.15) is 5.10 Å². The van der Waals surface area contributed by atoms with Crippen molar-refractivity contribution in [3.63, 3.8) is 0 Å².